The second-order valence-electron chi connectivity index (χ2n) is 6.16. The summed E-state index contributed by atoms with van der Waals surface area (Å²) in [5.74, 6) is -0.849. The van der Waals surface area contributed by atoms with Gasteiger partial charge in [0.05, 0.1) is 5.69 Å². The molecular weight excluding hydrogens is 399 g/mol. The Bertz CT molecular complexity index is 1020. The minimum absolute atomic E-state index is 0.121. The van der Waals surface area contributed by atoms with E-state index in [4.69, 9.17) is 0 Å². The molecule has 1 amide bonds. The minimum Gasteiger partial charge on any atom is -0.340 e. The van der Waals surface area contributed by atoms with Gasteiger partial charge in [0.15, 0.2) is 0 Å². The van der Waals surface area contributed by atoms with Crippen molar-refractivity contribution < 1.29 is 17.6 Å². The Balaban J connectivity index is 1.87. The summed E-state index contributed by atoms with van der Waals surface area (Å²) in [5, 5.41) is 1.65. The van der Waals surface area contributed by atoms with Crippen molar-refractivity contribution >= 4 is 33.0 Å². The van der Waals surface area contributed by atoms with Crippen LogP contribution in [0.5, 0.6) is 0 Å². The highest BCUT2D eigenvalue weighted by atomic mass is 32.2. The lowest BCUT2D eigenvalue weighted by Gasteiger charge is -2.26. The Kier molecular flexibility index (Phi) is 6.11. The summed E-state index contributed by atoms with van der Waals surface area (Å²) in [4.78, 5) is 14.2. The predicted octanol–water partition coefficient (Wildman–Crippen LogP) is 3.74. The molecule has 0 atom stereocenters. The largest absolute Gasteiger partial charge is 0.340 e. The van der Waals surface area contributed by atoms with Crippen LogP contribution in [0, 0.1) is 5.82 Å². The molecule has 0 spiro atoms. The number of carbonyl (C=O) groups is 1. The predicted molar refractivity (Wildman–Crippen MR) is 108 cm³/mol. The lowest BCUT2D eigenvalue weighted by molar-refractivity contribution is -0.128. The maximum Gasteiger partial charge on any atom is 0.274 e. The molecule has 1 heterocycles. The molecule has 28 heavy (non-hydrogen) atoms. The molecule has 0 aliphatic heterocycles. The van der Waals surface area contributed by atoms with Gasteiger partial charge in [-0.3, -0.25) is 9.10 Å². The molecule has 0 saturated heterocycles. The fraction of sp³-hybridized carbons (Fsp3) is 0.150. The number of likely N-dealkylation sites (N-methyl/N-ethyl adjacent to an activating group) is 1. The smallest absolute Gasteiger partial charge is 0.274 e. The Morgan fingerprint density at radius 1 is 1.00 bits per heavy atom. The molecule has 3 aromatic rings. The van der Waals surface area contributed by atoms with E-state index in [1.807, 2.05) is 30.3 Å². The van der Waals surface area contributed by atoms with Crippen molar-refractivity contribution in [3.8, 4) is 0 Å². The number of anilines is 1. The number of hydrogen-bond acceptors (Lipinski definition) is 4. The summed E-state index contributed by atoms with van der Waals surface area (Å²) in [6, 6.07) is 17.6. The van der Waals surface area contributed by atoms with Crippen molar-refractivity contribution in [2.24, 2.45) is 0 Å². The summed E-state index contributed by atoms with van der Waals surface area (Å²) < 4.78 is 40.6. The van der Waals surface area contributed by atoms with Crippen LogP contribution in [0.15, 0.2) is 76.3 Å². The van der Waals surface area contributed by atoms with Gasteiger partial charge in [-0.05, 0) is 41.3 Å². The van der Waals surface area contributed by atoms with E-state index in [-0.39, 0.29) is 22.3 Å². The van der Waals surface area contributed by atoms with Crippen LogP contribution in [0.3, 0.4) is 0 Å². The minimum atomic E-state index is -3.94. The first-order chi connectivity index (χ1) is 13.4. The third-order valence-corrected chi connectivity index (χ3v) is 7.27. The van der Waals surface area contributed by atoms with Gasteiger partial charge in [-0.25, -0.2) is 12.8 Å². The summed E-state index contributed by atoms with van der Waals surface area (Å²) in [6.07, 6.45) is 0. The molecule has 3 rings (SSSR count). The van der Waals surface area contributed by atoms with Gasteiger partial charge >= 0.3 is 0 Å². The van der Waals surface area contributed by atoms with Crippen molar-refractivity contribution in [3.05, 3.63) is 83.5 Å². The van der Waals surface area contributed by atoms with Gasteiger partial charge in [0.2, 0.25) is 5.91 Å². The number of amides is 1. The van der Waals surface area contributed by atoms with E-state index in [0.29, 0.717) is 6.54 Å². The second-order valence-corrected chi connectivity index (χ2v) is 9.19. The van der Waals surface area contributed by atoms with Gasteiger partial charge in [0.25, 0.3) is 10.0 Å². The van der Waals surface area contributed by atoms with E-state index in [1.165, 1.54) is 35.2 Å². The van der Waals surface area contributed by atoms with Crippen molar-refractivity contribution in [2.45, 2.75) is 10.8 Å². The molecule has 0 bridgehead atoms. The molecule has 8 heteroatoms. The van der Waals surface area contributed by atoms with E-state index in [9.17, 15) is 17.6 Å². The summed E-state index contributed by atoms with van der Waals surface area (Å²) in [6.45, 7) is -0.0226. The van der Waals surface area contributed by atoms with Gasteiger partial charge in [0, 0.05) is 13.6 Å². The highest BCUT2D eigenvalue weighted by Gasteiger charge is 2.29. The number of thiophene rings is 1. The number of carbonyl (C=O) groups excluding carboxylic acids is 1. The van der Waals surface area contributed by atoms with Crippen LogP contribution in [-0.2, 0) is 21.4 Å². The standard InChI is InChI=1S/C20H19FN2O3S2/c1-22(14-16-6-3-2-4-7-16)19(24)15-23(18-11-9-17(21)10-12-18)28(25,26)20-8-5-13-27-20/h2-13H,14-15H2,1H3. The van der Waals surface area contributed by atoms with Crippen LogP contribution < -0.4 is 4.31 Å². The number of rotatable bonds is 7. The summed E-state index contributed by atoms with van der Waals surface area (Å²) >= 11 is 1.07. The maximum absolute atomic E-state index is 13.3. The first-order valence-corrected chi connectivity index (χ1v) is 10.8. The van der Waals surface area contributed by atoms with E-state index in [0.717, 1.165) is 21.2 Å². The monoisotopic (exact) mass is 418 g/mol. The molecule has 0 aliphatic carbocycles. The van der Waals surface area contributed by atoms with Gasteiger partial charge in [0.1, 0.15) is 16.6 Å². The van der Waals surface area contributed by atoms with Crippen LogP contribution >= 0.6 is 11.3 Å². The van der Waals surface area contributed by atoms with Gasteiger partial charge in [-0.15, -0.1) is 11.3 Å². The van der Waals surface area contributed by atoms with Crippen LogP contribution in [0.4, 0.5) is 10.1 Å². The number of halogens is 1. The number of nitrogens with zero attached hydrogens (tertiary/aromatic N) is 2. The lowest BCUT2D eigenvalue weighted by atomic mass is 10.2. The third kappa shape index (κ3) is 4.58. The maximum atomic E-state index is 13.3. The van der Waals surface area contributed by atoms with Crippen molar-refractivity contribution in [3.63, 3.8) is 0 Å². The van der Waals surface area contributed by atoms with E-state index in [2.05, 4.69) is 0 Å². The quantitative estimate of drug-likeness (QED) is 0.587. The highest BCUT2D eigenvalue weighted by Crippen LogP contribution is 2.26. The van der Waals surface area contributed by atoms with E-state index < -0.39 is 15.8 Å². The molecule has 0 fully saturated rings. The zero-order valence-electron chi connectivity index (χ0n) is 15.2. The van der Waals surface area contributed by atoms with Crippen molar-refractivity contribution in [2.75, 3.05) is 17.9 Å². The van der Waals surface area contributed by atoms with Crippen LogP contribution in [-0.4, -0.2) is 32.8 Å². The van der Waals surface area contributed by atoms with Crippen LogP contribution in [0.1, 0.15) is 5.56 Å². The Hall–Kier alpha value is -2.71. The normalized spacial score (nSPS) is 11.2. The second kappa shape index (κ2) is 8.53. The van der Waals surface area contributed by atoms with E-state index >= 15 is 0 Å². The molecule has 5 nitrogen and oxygen atoms in total. The summed E-state index contributed by atoms with van der Waals surface area (Å²) in [5.41, 5.74) is 1.17. The molecule has 0 aliphatic rings. The SMILES string of the molecule is CN(Cc1ccccc1)C(=O)CN(c1ccc(F)cc1)S(=O)(=O)c1cccs1. The molecule has 0 saturated carbocycles. The summed E-state index contributed by atoms with van der Waals surface area (Å²) in [7, 11) is -2.32. The zero-order valence-corrected chi connectivity index (χ0v) is 16.8. The van der Waals surface area contributed by atoms with E-state index in [1.54, 1.807) is 18.5 Å². The molecule has 2 aromatic carbocycles. The first kappa shape index (κ1) is 20.0. The first-order valence-electron chi connectivity index (χ1n) is 8.47. The van der Waals surface area contributed by atoms with Crippen molar-refractivity contribution in [1.82, 2.24) is 4.90 Å². The molecular formula is C20H19FN2O3S2. The van der Waals surface area contributed by atoms with Crippen molar-refractivity contribution in [1.29, 1.82) is 0 Å². The number of hydrogen-bond donors (Lipinski definition) is 0. The lowest BCUT2D eigenvalue weighted by Crippen LogP contribution is -2.41. The molecule has 0 unspecified atom stereocenters. The van der Waals surface area contributed by atoms with Crippen LogP contribution in [0.25, 0.3) is 0 Å². The fourth-order valence-electron chi connectivity index (χ4n) is 2.63. The number of benzene rings is 2. The average Bonchev–Trinajstić information content (AvgIpc) is 3.23. The van der Waals surface area contributed by atoms with Gasteiger partial charge < -0.3 is 4.90 Å². The zero-order chi connectivity index (χ0) is 20.1. The fourth-order valence-corrected chi connectivity index (χ4v) is 5.15. The topological polar surface area (TPSA) is 57.7 Å². The number of sulfonamides is 1. The highest BCUT2D eigenvalue weighted by molar-refractivity contribution is 7.94. The Labute approximate surface area is 167 Å². The Morgan fingerprint density at radius 3 is 2.29 bits per heavy atom. The third-order valence-electron chi connectivity index (χ3n) is 4.12. The van der Waals surface area contributed by atoms with Crippen LogP contribution in [0.2, 0.25) is 0 Å². The Morgan fingerprint density at radius 2 is 1.68 bits per heavy atom. The molecule has 0 N–H and O–H groups in total. The average molecular weight is 419 g/mol. The van der Waals surface area contributed by atoms with Gasteiger partial charge in [-0.1, -0.05) is 36.4 Å². The molecule has 0 radical (unpaired) electrons. The van der Waals surface area contributed by atoms with Gasteiger partial charge in [-0.2, -0.15) is 0 Å². The molecule has 1 aromatic heterocycles. The molecule has 146 valence electrons.